The first-order valence-corrected chi connectivity index (χ1v) is 6.30. The zero-order valence-electron chi connectivity index (χ0n) is 10.3. The van der Waals surface area contributed by atoms with Gasteiger partial charge in [0.1, 0.15) is 5.82 Å². The zero-order chi connectivity index (χ0) is 14.3. The molecule has 5 heteroatoms. The molecular weight excluding hydrogens is 279 g/mol. The third-order valence-corrected chi connectivity index (χ3v) is 3.38. The van der Waals surface area contributed by atoms with Crippen molar-refractivity contribution in [1.82, 2.24) is 4.98 Å². The van der Waals surface area contributed by atoms with Crippen molar-refractivity contribution in [3.63, 3.8) is 0 Å². The van der Waals surface area contributed by atoms with Gasteiger partial charge < -0.3 is 10.7 Å². The molecule has 0 amide bonds. The lowest BCUT2D eigenvalue weighted by molar-refractivity contribution is 0.104. The largest absolute Gasteiger partial charge is 0.398 e. The van der Waals surface area contributed by atoms with Crippen LogP contribution in [0, 0.1) is 5.82 Å². The van der Waals surface area contributed by atoms with E-state index in [9.17, 15) is 9.18 Å². The van der Waals surface area contributed by atoms with E-state index in [2.05, 4.69) is 4.98 Å². The van der Waals surface area contributed by atoms with Gasteiger partial charge >= 0.3 is 0 Å². The summed E-state index contributed by atoms with van der Waals surface area (Å²) in [6.45, 7) is 0. The summed E-state index contributed by atoms with van der Waals surface area (Å²) in [5, 5.41) is 1.13. The van der Waals surface area contributed by atoms with E-state index < -0.39 is 0 Å². The van der Waals surface area contributed by atoms with Gasteiger partial charge in [-0.15, -0.1) is 0 Å². The van der Waals surface area contributed by atoms with Crippen molar-refractivity contribution in [3.05, 3.63) is 64.6 Å². The maximum absolute atomic E-state index is 13.1. The van der Waals surface area contributed by atoms with Gasteiger partial charge in [0.25, 0.3) is 0 Å². The number of benzene rings is 2. The first-order valence-electron chi connectivity index (χ1n) is 5.92. The number of hydrogen-bond donors (Lipinski definition) is 2. The number of nitrogens with two attached hydrogens (primary N) is 1. The van der Waals surface area contributed by atoms with Crippen molar-refractivity contribution in [3.8, 4) is 0 Å². The second-order valence-corrected chi connectivity index (χ2v) is 4.89. The first kappa shape index (κ1) is 12.7. The van der Waals surface area contributed by atoms with Gasteiger partial charge in [0.05, 0.1) is 0 Å². The fourth-order valence-electron chi connectivity index (χ4n) is 2.17. The lowest BCUT2D eigenvalue weighted by Gasteiger charge is -2.04. The molecule has 0 saturated heterocycles. The lowest BCUT2D eigenvalue weighted by atomic mass is 10.0. The minimum absolute atomic E-state index is 0.225. The highest BCUT2D eigenvalue weighted by atomic mass is 35.5. The number of ketones is 1. The maximum atomic E-state index is 13.1. The molecule has 0 saturated carbocycles. The number of carbonyl (C=O) groups is 1. The van der Waals surface area contributed by atoms with Crippen molar-refractivity contribution < 1.29 is 9.18 Å². The quantitative estimate of drug-likeness (QED) is 0.557. The fraction of sp³-hybridized carbons (Fsp3) is 0. The molecule has 0 radical (unpaired) electrons. The number of halogens is 2. The topological polar surface area (TPSA) is 58.9 Å². The van der Waals surface area contributed by atoms with Crippen molar-refractivity contribution in [1.29, 1.82) is 0 Å². The highest BCUT2D eigenvalue weighted by Crippen LogP contribution is 2.25. The predicted molar refractivity (Wildman–Crippen MR) is 77.6 cm³/mol. The van der Waals surface area contributed by atoms with Crippen molar-refractivity contribution in [2.45, 2.75) is 0 Å². The van der Waals surface area contributed by atoms with Crippen molar-refractivity contribution in [2.24, 2.45) is 0 Å². The van der Waals surface area contributed by atoms with Crippen LogP contribution in [0.3, 0.4) is 0 Å². The number of nitrogens with one attached hydrogen (secondary N) is 1. The number of anilines is 1. The number of aromatic nitrogens is 1. The van der Waals surface area contributed by atoms with Gasteiger partial charge in [-0.2, -0.15) is 0 Å². The summed E-state index contributed by atoms with van der Waals surface area (Å²) in [5.74, 6) is -0.582. The lowest BCUT2D eigenvalue weighted by Crippen LogP contribution is -2.04. The zero-order valence-corrected chi connectivity index (χ0v) is 11.0. The highest BCUT2D eigenvalue weighted by molar-refractivity contribution is 6.31. The molecule has 0 fully saturated rings. The Labute approximate surface area is 119 Å². The third-order valence-electron chi connectivity index (χ3n) is 3.15. The summed E-state index contributed by atoms with van der Waals surface area (Å²) >= 11 is 5.82. The molecule has 0 bridgehead atoms. The first-order chi connectivity index (χ1) is 9.56. The molecule has 100 valence electrons. The number of nitrogen functional groups attached to an aromatic ring is 1. The molecule has 0 unspecified atom stereocenters. The summed E-state index contributed by atoms with van der Waals surface area (Å²) in [5.41, 5.74) is 7.54. The Kier molecular flexibility index (Phi) is 2.95. The van der Waals surface area contributed by atoms with Gasteiger partial charge in [-0.05, 0) is 36.4 Å². The Morgan fingerprint density at radius 1 is 1.15 bits per heavy atom. The van der Waals surface area contributed by atoms with Crippen LogP contribution in [0.1, 0.15) is 15.9 Å². The number of rotatable bonds is 2. The normalized spacial score (nSPS) is 10.9. The van der Waals surface area contributed by atoms with Crippen molar-refractivity contribution >= 4 is 34.0 Å². The van der Waals surface area contributed by atoms with E-state index in [4.69, 9.17) is 17.3 Å². The van der Waals surface area contributed by atoms with Crippen LogP contribution < -0.4 is 5.73 Å². The smallest absolute Gasteiger partial charge is 0.197 e. The molecule has 3 nitrogen and oxygen atoms in total. The molecule has 0 spiro atoms. The van der Waals surface area contributed by atoms with Crippen LogP contribution in [0.2, 0.25) is 5.02 Å². The van der Waals surface area contributed by atoms with Crippen LogP contribution in [-0.4, -0.2) is 10.8 Å². The van der Waals surface area contributed by atoms with E-state index in [0.29, 0.717) is 32.7 Å². The van der Waals surface area contributed by atoms with Gasteiger partial charge in [-0.3, -0.25) is 4.79 Å². The predicted octanol–water partition coefficient (Wildman–Crippen LogP) is 3.77. The second kappa shape index (κ2) is 4.65. The van der Waals surface area contributed by atoms with Gasteiger partial charge in [-0.25, -0.2) is 4.39 Å². The average Bonchev–Trinajstić information content (AvgIpc) is 2.80. The molecule has 3 rings (SSSR count). The highest BCUT2D eigenvalue weighted by Gasteiger charge is 2.16. The van der Waals surface area contributed by atoms with Gasteiger partial charge in [0, 0.05) is 38.9 Å². The van der Waals surface area contributed by atoms with E-state index >= 15 is 0 Å². The molecular formula is C15H10ClFN2O. The molecule has 1 aromatic heterocycles. The maximum Gasteiger partial charge on any atom is 0.197 e. The Bertz CT molecular complexity index is 826. The molecule has 1 heterocycles. The van der Waals surface area contributed by atoms with Crippen LogP contribution in [0.4, 0.5) is 10.1 Å². The molecule has 0 atom stereocenters. The minimum atomic E-state index is -0.357. The summed E-state index contributed by atoms with van der Waals surface area (Å²) in [6, 6.07) is 8.96. The molecule has 0 aliphatic heterocycles. The number of H-pyrrole nitrogens is 1. The Morgan fingerprint density at radius 3 is 2.70 bits per heavy atom. The van der Waals surface area contributed by atoms with Crippen LogP contribution >= 0.6 is 11.6 Å². The van der Waals surface area contributed by atoms with E-state index in [1.165, 1.54) is 18.2 Å². The Balaban J connectivity index is 2.13. The minimum Gasteiger partial charge on any atom is -0.398 e. The number of aromatic amines is 1. The van der Waals surface area contributed by atoms with E-state index in [-0.39, 0.29) is 11.6 Å². The second-order valence-electron chi connectivity index (χ2n) is 4.45. The summed E-state index contributed by atoms with van der Waals surface area (Å²) < 4.78 is 13.1. The fourth-order valence-corrected chi connectivity index (χ4v) is 2.35. The van der Waals surface area contributed by atoms with E-state index in [0.717, 1.165) is 0 Å². The molecule has 0 aliphatic rings. The monoisotopic (exact) mass is 288 g/mol. The Hall–Kier alpha value is -2.33. The molecule has 2 aromatic carbocycles. The van der Waals surface area contributed by atoms with Gasteiger partial charge in [-0.1, -0.05) is 11.6 Å². The summed E-state index contributed by atoms with van der Waals surface area (Å²) in [4.78, 5) is 15.4. The van der Waals surface area contributed by atoms with E-state index in [1.54, 1.807) is 24.4 Å². The SMILES string of the molecule is Nc1cc(Cl)ccc1C(=O)c1c[nH]c2cc(F)ccc12. The molecule has 20 heavy (non-hydrogen) atoms. The number of carbonyl (C=O) groups excluding carboxylic acids is 1. The van der Waals surface area contributed by atoms with Crippen molar-refractivity contribution in [2.75, 3.05) is 5.73 Å². The van der Waals surface area contributed by atoms with Crippen LogP contribution in [0.25, 0.3) is 10.9 Å². The van der Waals surface area contributed by atoms with Gasteiger partial charge in [0.2, 0.25) is 0 Å². The van der Waals surface area contributed by atoms with E-state index in [1.807, 2.05) is 0 Å². The molecule has 3 aromatic rings. The van der Waals surface area contributed by atoms with Crippen LogP contribution in [0.5, 0.6) is 0 Å². The summed E-state index contributed by atoms with van der Waals surface area (Å²) in [7, 11) is 0. The molecule has 3 N–H and O–H groups in total. The van der Waals surface area contributed by atoms with Crippen LogP contribution in [0.15, 0.2) is 42.6 Å². The molecule has 0 aliphatic carbocycles. The summed E-state index contributed by atoms with van der Waals surface area (Å²) in [6.07, 6.45) is 1.56. The van der Waals surface area contributed by atoms with Crippen LogP contribution in [-0.2, 0) is 0 Å². The Morgan fingerprint density at radius 2 is 1.95 bits per heavy atom. The average molecular weight is 289 g/mol. The standard InChI is InChI=1S/C15H10ClFN2O/c16-8-1-3-11(13(18)5-8)15(20)12-7-19-14-6-9(17)2-4-10(12)14/h1-7,19H,18H2. The number of hydrogen-bond acceptors (Lipinski definition) is 2. The third kappa shape index (κ3) is 2.04. The number of fused-ring (bicyclic) bond motifs is 1. The van der Waals surface area contributed by atoms with Gasteiger partial charge in [0.15, 0.2) is 5.78 Å².